The van der Waals surface area contributed by atoms with Gasteiger partial charge in [-0.3, -0.25) is 0 Å². The van der Waals surface area contributed by atoms with Crippen molar-refractivity contribution in [2.75, 3.05) is 0 Å². The van der Waals surface area contributed by atoms with Crippen molar-refractivity contribution in [3.63, 3.8) is 0 Å². The standard InChI is InChI=1S/C16H17ClOS/c1-16-4-2-10-12(13(16)6-9(18)8-16)7-14(17)11-3-5-19-15(10)11/h3,5,7,9,13,18H,2,4,6,8H2,1H3/t9-,13+,16-/m0/s1. The highest BCUT2D eigenvalue weighted by Crippen LogP contribution is 2.57. The van der Waals surface area contributed by atoms with Crippen LogP contribution >= 0.6 is 22.9 Å². The van der Waals surface area contributed by atoms with Gasteiger partial charge < -0.3 is 5.11 Å². The third-order valence-electron chi connectivity index (χ3n) is 5.20. The van der Waals surface area contributed by atoms with Crippen LogP contribution in [0, 0.1) is 5.41 Å². The van der Waals surface area contributed by atoms with E-state index in [4.69, 9.17) is 11.6 Å². The Balaban J connectivity index is 1.97. The van der Waals surface area contributed by atoms with Gasteiger partial charge in [0.15, 0.2) is 0 Å². The van der Waals surface area contributed by atoms with Crippen LogP contribution in [0.25, 0.3) is 10.1 Å². The Morgan fingerprint density at radius 3 is 3.16 bits per heavy atom. The lowest BCUT2D eigenvalue weighted by molar-refractivity contribution is 0.159. The maximum Gasteiger partial charge on any atom is 0.0551 e. The number of aryl methyl sites for hydroxylation is 1. The van der Waals surface area contributed by atoms with Crippen molar-refractivity contribution < 1.29 is 5.11 Å². The molecular weight excluding hydrogens is 276 g/mol. The zero-order valence-electron chi connectivity index (χ0n) is 10.9. The van der Waals surface area contributed by atoms with E-state index in [9.17, 15) is 5.11 Å². The summed E-state index contributed by atoms with van der Waals surface area (Å²) in [4.78, 5) is 0. The molecule has 3 heteroatoms. The van der Waals surface area contributed by atoms with E-state index in [2.05, 4.69) is 24.4 Å². The molecule has 100 valence electrons. The molecule has 1 aromatic heterocycles. The summed E-state index contributed by atoms with van der Waals surface area (Å²) >= 11 is 8.25. The second kappa shape index (κ2) is 3.97. The lowest BCUT2D eigenvalue weighted by atomic mass is 9.67. The normalized spacial score (nSPS) is 33.4. The van der Waals surface area contributed by atoms with E-state index in [0.29, 0.717) is 5.92 Å². The zero-order valence-corrected chi connectivity index (χ0v) is 12.5. The van der Waals surface area contributed by atoms with Gasteiger partial charge in [0.1, 0.15) is 0 Å². The molecule has 1 nitrogen and oxygen atoms in total. The maximum absolute atomic E-state index is 10.1. The van der Waals surface area contributed by atoms with Gasteiger partial charge in [0.25, 0.3) is 0 Å². The van der Waals surface area contributed by atoms with Crippen molar-refractivity contribution >= 4 is 33.0 Å². The third kappa shape index (κ3) is 1.63. The fraction of sp³-hybridized carbons (Fsp3) is 0.500. The summed E-state index contributed by atoms with van der Waals surface area (Å²) in [5.41, 5.74) is 3.16. The van der Waals surface area contributed by atoms with Crippen LogP contribution in [0.5, 0.6) is 0 Å². The van der Waals surface area contributed by atoms with Crippen LogP contribution in [0.15, 0.2) is 17.5 Å². The van der Waals surface area contributed by atoms with Gasteiger partial charge in [-0.2, -0.15) is 0 Å². The molecule has 4 rings (SSSR count). The minimum Gasteiger partial charge on any atom is -0.393 e. The number of benzene rings is 1. The monoisotopic (exact) mass is 292 g/mol. The van der Waals surface area contributed by atoms with Gasteiger partial charge in [0, 0.05) is 15.1 Å². The summed E-state index contributed by atoms with van der Waals surface area (Å²) in [6, 6.07) is 4.30. The van der Waals surface area contributed by atoms with Crippen molar-refractivity contribution in [1.82, 2.24) is 0 Å². The first-order valence-corrected chi connectivity index (χ1v) is 8.21. The molecule has 0 aliphatic heterocycles. The number of halogens is 1. The number of hydrogen-bond acceptors (Lipinski definition) is 2. The third-order valence-corrected chi connectivity index (χ3v) is 6.49. The van der Waals surface area contributed by atoms with Crippen LogP contribution in [-0.2, 0) is 6.42 Å². The number of rotatable bonds is 0. The number of fused-ring (bicyclic) bond motifs is 5. The molecule has 0 saturated heterocycles. The molecule has 0 radical (unpaired) electrons. The first-order chi connectivity index (χ1) is 9.08. The van der Waals surface area contributed by atoms with E-state index in [1.54, 1.807) is 11.3 Å². The van der Waals surface area contributed by atoms with Crippen LogP contribution < -0.4 is 0 Å². The molecule has 1 saturated carbocycles. The van der Waals surface area contributed by atoms with Gasteiger partial charge in [-0.1, -0.05) is 18.5 Å². The number of thiophene rings is 1. The van der Waals surface area contributed by atoms with Crippen LogP contribution in [-0.4, -0.2) is 11.2 Å². The lowest BCUT2D eigenvalue weighted by Gasteiger charge is -2.38. The molecule has 2 aliphatic carbocycles. The SMILES string of the molecule is C[C@@]12CCc3c(cc(Cl)c4ccsc34)[C@H]1C[C@H](O)C2. The van der Waals surface area contributed by atoms with E-state index in [1.807, 2.05) is 0 Å². The molecule has 1 fully saturated rings. The average molecular weight is 293 g/mol. The van der Waals surface area contributed by atoms with E-state index in [-0.39, 0.29) is 11.5 Å². The largest absolute Gasteiger partial charge is 0.393 e. The minimum atomic E-state index is -0.140. The highest BCUT2D eigenvalue weighted by Gasteiger charge is 2.47. The van der Waals surface area contributed by atoms with Gasteiger partial charge in [0.2, 0.25) is 0 Å². The van der Waals surface area contributed by atoms with E-state index in [0.717, 1.165) is 24.3 Å². The van der Waals surface area contributed by atoms with E-state index >= 15 is 0 Å². The van der Waals surface area contributed by atoms with Crippen LogP contribution in [0.3, 0.4) is 0 Å². The van der Waals surface area contributed by atoms with Crippen LogP contribution in [0.2, 0.25) is 5.02 Å². The number of hydrogen-bond donors (Lipinski definition) is 1. The molecule has 0 amide bonds. The highest BCUT2D eigenvalue weighted by atomic mass is 35.5. The molecule has 19 heavy (non-hydrogen) atoms. The molecule has 2 aromatic rings. The Morgan fingerprint density at radius 2 is 2.32 bits per heavy atom. The van der Waals surface area contributed by atoms with Gasteiger partial charge in [-0.25, -0.2) is 0 Å². The molecule has 0 unspecified atom stereocenters. The van der Waals surface area contributed by atoms with E-state index in [1.165, 1.54) is 27.6 Å². The molecule has 3 atom stereocenters. The van der Waals surface area contributed by atoms with Crippen LogP contribution in [0.4, 0.5) is 0 Å². The first kappa shape index (κ1) is 12.2. The Morgan fingerprint density at radius 1 is 1.47 bits per heavy atom. The first-order valence-electron chi connectivity index (χ1n) is 6.95. The molecule has 0 bridgehead atoms. The fourth-order valence-corrected chi connectivity index (χ4v) is 5.58. The summed E-state index contributed by atoms with van der Waals surface area (Å²) in [5.74, 6) is 0.482. The predicted molar refractivity (Wildman–Crippen MR) is 81.2 cm³/mol. The van der Waals surface area contributed by atoms with Crippen molar-refractivity contribution in [1.29, 1.82) is 0 Å². The molecule has 1 heterocycles. The van der Waals surface area contributed by atoms with Gasteiger partial charge >= 0.3 is 0 Å². The molecular formula is C16H17ClOS. The average Bonchev–Trinajstić information content (AvgIpc) is 2.93. The van der Waals surface area contributed by atoms with E-state index < -0.39 is 0 Å². The summed E-state index contributed by atoms with van der Waals surface area (Å²) < 4.78 is 1.37. The maximum atomic E-state index is 10.1. The van der Waals surface area contributed by atoms with Gasteiger partial charge in [-0.05, 0) is 65.7 Å². The van der Waals surface area contributed by atoms with Crippen molar-refractivity contribution in [2.45, 2.75) is 44.6 Å². The Kier molecular flexibility index (Phi) is 2.55. The molecule has 0 spiro atoms. The number of aliphatic hydroxyl groups excluding tert-OH is 1. The predicted octanol–water partition coefficient (Wildman–Crippen LogP) is 4.75. The molecule has 1 N–H and O–H groups in total. The Hall–Kier alpha value is -0.570. The highest BCUT2D eigenvalue weighted by molar-refractivity contribution is 7.17. The minimum absolute atomic E-state index is 0.140. The second-order valence-electron chi connectivity index (χ2n) is 6.39. The van der Waals surface area contributed by atoms with Gasteiger partial charge in [0.05, 0.1) is 6.10 Å². The summed E-state index contributed by atoms with van der Waals surface area (Å²) in [5, 5.41) is 14.3. The molecule has 2 aliphatic rings. The quantitative estimate of drug-likeness (QED) is 0.743. The Bertz CT molecular complexity index is 662. The Labute approximate surface area is 122 Å². The number of aliphatic hydroxyl groups is 1. The lowest BCUT2D eigenvalue weighted by Crippen LogP contribution is -2.26. The summed E-state index contributed by atoms with van der Waals surface area (Å²) in [6.07, 6.45) is 4.02. The molecule has 1 aromatic carbocycles. The van der Waals surface area contributed by atoms with Crippen molar-refractivity contribution in [3.8, 4) is 0 Å². The summed E-state index contributed by atoms with van der Waals surface area (Å²) in [6.45, 7) is 2.34. The second-order valence-corrected chi connectivity index (χ2v) is 7.71. The van der Waals surface area contributed by atoms with Crippen molar-refractivity contribution in [3.05, 3.63) is 33.7 Å². The smallest absolute Gasteiger partial charge is 0.0551 e. The summed E-state index contributed by atoms with van der Waals surface area (Å²) in [7, 11) is 0. The van der Waals surface area contributed by atoms with Crippen LogP contribution in [0.1, 0.15) is 43.2 Å². The fourth-order valence-electron chi connectivity index (χ4n) is 4.24. The topological polar surface area (TPSA) is 20.2 Å². The van der Waals surface area contributed by atoms with Crippen molar-refractivity contribution in [2.24, 2.45) is 5.41 Å². The zero-order chi connectivity index (χ0) is 13.2. The van der Waals surface area contributed by atoms with Gasteiger partial charge in [-0.15, -0.1) is 11.3 Å².